The minimum Gasteiger partial charge on any atom is -0.383 e. The molecular formula is C20H25Cl2FN2O2. The zero-order chi connectivity index (χ0) is 19.1. The maximum absolute atomic E-state index is 13.3. The molecule has 2 aromatic rings. The Morgan fingerprint density at radius 1 is 1.26 bits per heavy atom. The van der Waals surface area contributed by atoms with Crippen LogP contribution in [-0.2, 0) is 16.1 Å². The highest BCUT2D eigenvalue weighted by molar-refractivity contribution is 6.31. The molecule has 2 atom stereocenters. The van der Waals surface area contributed by atoms with Gasteiger partial charge >= 0.3 is 0 Å². The fourth-order valence-electron chi connectivity index (χ4n) is 2.73. The summed E-state index contributed by atoms with van der Waals surface area (Å²) in [5.41, 5.74) is 7.88. The van der Waals surface area contributed by atoms with Gasteiger partial charge in [-0.3, -0.25) is 4.79 Å². The van der Waals surface area contributed by atoms with Gasteiger partial charge < -0.3 is 15.4 Å². The van der Waals surface area contributed by atoms with Crippen molar-refractivity contribution in [1.29, 1.82) is 0 Å². The van der Waals surface area contributed by atoms with Crippen LogP contribution in [0.4, 0.5) is 4.39 Å². The monoisotopic (exact) mass is 414 g/mol. The van der Waals surface area contributed by atoms with Crippen LogP contribution in [0.3, 0.4) is 0 Å². The lowest BCUT2D eigenvalue weighted by Crippen LogP contribution is -2.40. The molecule has 0 aliphatic rings. The van der Waals surface area contributed by atoms with Crippen molar-refractivity contribution in [2.24, 2.45) is 11.7 Å². The van der Waals surface area contributed by atoms with Gasteiger partial charge in [-0.2, -0.15) is 0 Å². The van der Waals surface area contributed by atoms with E-state index in [9.17, 15) is 9.18 Å². The van der Waals surface area contributed by atoms with Gasteiger partial charge in [0.25, 0.3) is 0 Å². The fraction of sp³-hybridized carbons (Fsp3) is 0.350. The van der Waals surface area contributed by atoms with Crippen molar-refractivity contribution < 1.29 is 13.9 Å². The summed E-state index contributed by atoms with van der Waals surface area (Å²) in [4.78, 5) is 14.7. The summed E-state index contributed by atoms with van der Waals surface area (Å²) in [7, 11) is 1.58. The van der Waals surface area contributed by atoms with E-state index in [1.54, 1.807) is 18.1 Å². The first-order chi connectivity index (χ1) is 12.4. The first-order valence-electron chi connectivity index (χ1n) is 8.46. The largest absolute Gasteiger partial charge is 0.383 e. The van der Waals surface area contributed by atoms with Gasteiger partial charge in [-0.15, -0.1) is 12.4 Å². The minimum absolute atomic E-state index is 0. The number of rotatable bonds is 8. The Kier molecular flexibility index (Phi) is 9.74. The van der Waals surface area contributed by atoms with Crippen LogP contribution in [0.5, 0.6) is 0 Å². The molecule has 0 heterocycles. The average Bonchev–Trinajstić information content (AvgIpc) is 2.65. The lowest BCUT2D eigenvalue weighted by molar-refractivity contribution is -0.137. The minimum atomic E-state index is -0.423. The molecule has 0 aliphatic heterocycles. The molecule has 2 N–H and O–H groups in total. The molecule has 0 saturated heterocycles. The molecule has 0 spiro atoms. The highest BCUT2D eigenvalue weighted by atomic mass is 35.5. The Hall–Kier alpha value is -1.66. The molecular weight excluding hydrogens is 390 g/mol. The lowest BCUT2D eigenvalue weighted by atomic mass is 9.94. The van der Waals surface area contributed by atoms with Gasteiger partial charge in [-0.05, 0) is 23.3 Å². The third-order valence-corrected chi connectivity index (χ3v) is 4.72. The SMILES string of the molecule is COCCN(Cc1ccc(F)cc1Cl)C(=O)C(C)C(N)c1ccccc1.Cl. The number of nitrogens with two attached hydrogens (primary N) is 1. The predicted molar refractivity (Wildman–Crippen MR) is 108 cm³/mol. The molecule has 0 saturated carbocycles. The van der Waals surface area contributed by atoms with Gasteiger partial charge in [0.1, 0.15) is 5.82 Å². The summed E-state index contributed by atoms with van der Waals surface area (Å²) >= 11 is 6.12. The summed E-state index contributed by atoms with van der Waals surface area (Å²) in [5, 5.41) is 0.292. The van der Waals surface area contributed by atoms with Crippen molar-refractivity contribution >= 4 is 29.9 Å². The molecule has 148 valence electrons. The maximum Gasteiger partial charge on any atom is 0.227 e. The Morgan fingerprint density at radius 2 is 1.93 bits per heavy atom. The number of carbonyl (C=O) groups is 1. The van der Waals surface area contributed by atoms with Crippen molar-refractivity contribution in [2.75, 3.05) is 20.3 Å². The van der Waals surface area contributed by atoms with Crippen molar-refractivity contribution in [3.8, 4) is 0 Å². The number of hydrogen-bond donors (Lipinski definition) is 1. The average molecular weight is 415 g/mol. The molecule has 27 heavy (non-hydrogen) atoms. The second kappa shape index (κ2) is 11.2. The van der Waals surface area contributed by atoms with E-state index in [2.05, 4.69) is 0 Å². The van der Waals surface area contributed by atoms with Gasteiger partial charge in [0, 0.05) is 31.3 Å². The van der Waals surface area contributed by atoms with E-state index in [1.807, 2.05) is 37.3 Å². The molecule has 0 aromatic heterocycles. The molecule has 0 bridgehead atoms. The number of halogens is 3. The van der Waals surface area contributed by atoms with Crippen LogP contribution in [0.1, 0.15) is 24.1 Å². The molecule has 4 nitrogen and oxygen atoms in total. The third-order valence-electron chi connectivity index (χ3n) is 4.37. The molecule has 2 aromatic carbocycles. The number of methoxy groups -OCH3 is 1. The van der Waals surface area contributed by atoms with E-state index in [1.165, 1.54) is 12.1 Å². The van der Waals surface area contributed by atoms with Crippen LogP contribution >= 0.6 is 24.0 Å². The predicted octanol–water partition coefficient (Wildman–Crippen LogP) is 4.21. The van der Waals surface area contributed by atoms with Crippen molar-refractivity contribution in [3.05, 3.63) is 70.5 Å². The number of hydrogen-bond acceptors (Lipinski definition) is 3. The van der Waals surface area contributed by atoms with Crippen LogP contribution in [0.15, 0.2) is 48.5 Å². The number of carbonyl (C=O) groups excluding carboxylic acids is 1. The van der Waals surface area contributed by atoms with Gasteiger partial charge in [0.2, 0.25) is 5.91 Å². The first kappa shape index (κ1) is 23.4. The first-order valence-corrected chi connectivity index (χ1v) is 8.84. The van der Waals surface area contributed by atoms with Crippen LogP contribution in [0, 0.1) is 11.7 Å². The Bertz CT molecular complexity index is 731. The summed E-state index contributed by atoms with van der Waals surface area (Å²) in [6.07, 6.45) is 0. The zero-order valence-electron chi connectivity index (χ0n) is 15.4. The Morgan fingerprint density at radius 3 is 2.52 bits per heavy atom. The van der Waals surface area contributed by atoms with Crippen LogP contribution in [0.2, 0.25) is 5.02 Å². The second-order valence-electron chi connectivity index (χ2n) is 6.21. The second-order valence-corrected chi connectivity index (χ2v) is 6.62. The molecule has 0 aliphatic carbocycles. The van der Waals surface area contributed by atoms with Crippen molar-refractivity contribution in [1.82, 2.24) is 4.90 Å². The molecule has 2 unspecified atom stereocenters. The van der Waals surface area contributed by atoms with E-state index in [0.717, 1.165) is 5.56 Å². The van der Waals surface area contributed by atoms with E-state index in [-0.39, 0.29) is 24.9 Å². The molecule has 0 radical (unpaired) electrons. The summed E-state index contributed by atoms with van der Waals surface area (Å²) in [5.74, 6) is -0.930. The number of nitrogens with zero attached hydrogens (tertiary/aromatic N) is 1. The maximum atomic E-state index is 13.3. The third kappa shape index (κ3) is 6.47. The van der Waals surface area contributed by atoms with Crippen molar-refractivity contribution in [2.45, 2.75) is 19.5 Å². The number of ether oxygens (including phenoxy) is 1. The van der Waals surface area contributed by atoms with Crippen LogP contribution in [0.25, 0.3) is 0 Å². The number of benzene rings is 2. The normalized spacial score (nSPS) is 12.8. The summed E-state index contributed by atoms with van der Waals surface area (Å²) in [6.45, 7) is 2.87. The van der Waals surface area contributed by atoms with Crippen LogP contribution < -0.4 is 5.73 Å². The molecule has 2 rings (SSSR count). The van der Waals surface area contributed by atoms with Gasteiger partial charge in [-0.25, -0.2) is 4.39 Å². The molecule has 0 fully saturated rings. The smallest absolute Gasteiger partial charge is 0.227 e. The van der Waals surface area contributed by atoms with Gasteiger partial charge in [0.05, 0.1) is 12.5 Å². The fourth-order valence-corrected chi connectivity index (χ4v) is 2.96. The lowest BCUT2D eigenvalue weighted by Gasteiger charge is -2.29. The molecule has 1 amide bonds. The quantitative estimate of drug-likeness (QED) is 0.703. The Balaban J connectivity index is 0.00000364. The Labute approximate surface area is 170 Å². The highest BCUT2D eigenvalue weighted by Gasteiger charge is 2.27. The summed E-state index contributed by atoms with van der Waals surface area (Å²) in [6, 6.07) is 13.3. The standard InChI is InChI=1S/C20H24ClFN2O2.ClH/c1-14(19(23)15-6-4-3-5-7-15)20(25)24(10-11-26-2)13-16-8-9-17(22)12-18(16)21;/h3-9,12,14,19H,10-11,13,23H2,1-2H3;1H. The van der Waals surface area contributed by atoms with Crippen molar-refractivity contribution in [3.63, 3.8) is 0 Å². The highest BCUT2D eigenvalue weighted by Crippen LogP contribution is 2.24. The molecule has 7 heteroatoms. The van der Waals surface area contributed by atoms with Gasteiger partial charge in [0.15, 0.2) is 0 Å². The topological polar surface area (TPSA) is 55.6 Å². The van der Waals surface area contributed by atoms with E-state index >= 15 is 0 Å². The van der Waals surface area contributed by atoms with Crippen LogP contribution in [-0.4, -0.2) is 31.1 Å². The number of amides is 1. The van der Waals surface area contributed by atoms with E-state index in [4.69, 9.17) is 22.1 Å². The zero-order valence-corrected chi connectivity index (χ0v) is 17.0. The van der Waals surface area contributed by atoms with E-state index < -0.39 is 17.8 Å². The van der Waals surface area contributed by atoms with Gasteiger partial charge in [-0.1, -0.05) is 54.9 Å². The van der Waals surface area contributed by atoms with E-state index in [0.29, 0.717) is 23.7 Å². The summed E-state index contributed by atoms with van der Waals surface area (Å²) < 4.78 is 18.4.